The van der Waals surface area contributed by atoms with Gasteiger partial charge in [0, 0.05) is 6.20 Å². The van der Waals surface area contributed by atoms with E-state index in [0.29, 0.717) is 11.0 Å². The third kappa shape index (κ3) is 2.26. The van der Waals surface area contributed by atoms with Crippen LogP contribution in [0.5, 0.6) is 0 Å². The maximum atomic E-state index is 11.9. The molecule has 2 fully saturated rings. The van der Waals surface area contributed by atoms with Crippen LogP contribution in [0.25, 0.3) is 0 Å². The van der Waals surface area contributed by atoms with E-state index >= 15 is 0 Å². The molecule has 0 bridgehead atoms. The van der Waals surface area contributed by atoms with Gasteiger partial charge in [0.25, 0.3) is 5.56 Å². The summed E-state index contributed by atoms with van der Waals surface area (Å²) in [7, 11) is 0. The van der Waals surface area contributed by atoms with Crippen molar-refractivity contribution in [2.75, 3.05) is 0 Å². The first-order chi connectivity index (χ1) is 8.69. The molecular weight excluding hydrogens is 296 g/mol. The van der Waals surface area contributed by atoms with E-state index in [0.717, 1.165) is 12.8 Å². The van der Waals surface area contributed by atoms with Gasteiger partial charge in [-0.05, 0) is 41.6 Å². The van der Waals surface area contributed by atoms with Crippen LogP contribution in [0.4, 0.5) is 0 Å². The second kappa shape index (κ2) is 4.78. The van der Waals surface area contributed by atoms with Crippen molar-refractivity contribution in [3.63, 3.8) is 0 Å². The van der Waals surface area contributed by atoms with Gasteiger partial charge in [0.2, 0.25) is 0 Å². The van der Waals surface area contributed by atoms with E-state index in [9.17, 15) is 4.79 Å². The Morgan fingerprint density at radius 3 is 3.00 bits per heavy atom. The minimum Gasteiger partial charge on any atom is -0.370 e. The van der Waals surface area contributed by atoms with Crippen molar-refractivity contribution in [1.29, 1.82) is 0 Å². The molecule has 1 aromatic rings. The fraction of sp³-hybridized carbons (Fsp3) is 0.692. The zero-order chi connectivity index (χ0) is 12.6. The number of hydrogen-bond donors (Lipinski definition) is 0. The molecule has 1 unspecified atom stereocenters. The molecule has 98 valence electrons. The van der Waals surface area contributed by atoms with E-state index < -0.39 is 0 Å². The van der Waals surface area contributed by atoms with Gasteiger partial charge < -0.3 is 4.74 Å². The lowest BCUT2D eigenvalue weighted by Gasteiger charge is -2.24. The van der Waals surface area contributed by atoms with E-state index in [1.807, 2.05) is 0 Å². The number of nitrogens with zero attached hydrogens (tertiary/aromatic N) is 2. The largest absolute Gasteiger partial charge is 0.370 e. The first kappa shape index (κ1) is 12.4. The third-order valence-electron chi connectivity index (χ3n) is 4.11. The van der Waals surface area contributed by atoms with Crippen LogP contribution in [-0.4, -0.2) is 21.3 Å². The van der Waals surface area contributed by atoms with Crippen LogP contribution in [0.1, 0.15) is 38.5 Å². The predicted molar refractivity (Wildman–Crippen MR) is 71.5 cm³/mol. The van der Waals surface area contributed by atoms with Crippen LogP contribution < -0.4 is 5.56 Å². The molecule has 3 rings (SSSR count). The Balaban J connectivity index is 1.71. The van der Waals surface area contributed by atoms with Crippen LogP contribution in [0.15, 0.2) is 21.8 Å². The van der Waals surface area contributed by atoms with E-state index in [-0.39, 0.29) is 17.3 Å². The molecule has 2 aliphatic rings. The zero-order valence-corrected chi connectivity index (χ0v) is 11.9. The molecule has 1 saturated carbocycles. The summed E-state index contributed by atoms with van der Waals surface area (Å²) in [4.78, 5) is 15.9. The average molecular weight is 313 g/mol. The Morgan fingerprint density at radius 2 is 2.22 bits per heavy atom. The molecule has 1 atom stereocenters. The average Bonchev–Trinajstić information content (AvgIpc) is 2.97. The van der Waals surface area contributed by atoms with E-state index in [4.69, 9.17) is 4.74 Å². The lowest BCUT2D eigenvalue weighted by atomic mass is 9.98. The lowest BCUT2D eigenvalue weighted by Crippen LogP contribution is -2.30. The normalized spacial score (nSPS) is 25.9. The fourth-order valence-corrected chi connectivity index (χ4v) is 3.53. The van der Waals surface area contributed by atoms with Crippen molar-refractivity contribution in [2.24, 2.45) is 0 Å². The van der Waals surface area contributed by atoms with Gasteiger partial charge in [0.1, 0.15) is 4.47 Å². The standard InChI is InChI=1S/C13H17BrN2O2/c14-11-7-15-9-16(12(11)17)8-10-3-6-13(18-10)4-1-2-5-13/h7,9-10H,1-6,8H2. The molecule has 18 heavy (non-hydrogen) atoms. The maximum Gasteiger partial charge on any atom is 0.267 e. The summed E-state index contributed by atoms with van der Waals surface area (Å²) in [6, 6.07) is 0. The van der Waals surface area contributed by atoms with Crippen molar-refractivity contribution in [2.45, 2.75) is 56.8 Å². The van der Waals surface area contributed by atoms with Gasteiger partial charge in [-0.1, -0.05) is 12.8 Å². The monoisotopic (exact) mass is 312 g/mol. The van der Waals surface area contributed by atoms with E-state index in [1.165, 1.54) is 31.9 Å². The minimum atomic E-state index is -0.0269. The molecule has 1 spiro atoms. The lowest BCUT2D eigenvalue weighted by molar-refractivity contribution is -0.0422. The summed E-state index contributed by atoms with van der Waals surface area (Å²) in [5.74, 6) is 0. The first-order valence-electron chi connectivity index (χ1n) is 6.56. The number of hydrogen-bond acceptors (Lipinski definition) is 3. The smallest absolute Gasteiger partial charge is 0.267 e. The molecule has 0 aromatic carbocycles. The minimum absolute atomic E-state index is 0.0269. The van der Waals surface area contributed by atoms with Crippen molar-refractivity contribution in [3.05, 3.63) is 27.4 Å². The van der Waals surface area contributed by atoms with Gasteiger partial charge in [-0.25, -0.2) is 4.98 Å². The van der Waals surface area contributed by atoms with Crippen molar-refractivity contribution >= 4 is 15.9 Å². The second-order valence-electron chi connectivity index (χ2n) is 5.37. The van der Waals surface area contributed by atoms with Crippen molar-refractivity contribution in [3.8, 4) is 0 Å². The van der Waals surface area contributed by atoms with Crippen LogP contribution in [0, 0.1) is 0 Å². The highest BCUT2D eigenvalue weighted by molar-refractivity contribution is 9.10. The van der Waals surface area contributed by atoms with Gasteiger partial charge in [-0.3, -0.25) is 9.36 Å². The Labute approximate surface area is 114 Å². The van der Waals surface area contributed by atoms with Crippen molar-refractivity contribution < 1.29 is 4.74 Å². The fourth-order valence-electron chi connectivity index (χ4n) is 3.18. The quantitative estimate of drug-likeness (QED) is 0.842. The summed E-state index contributed by atoms with van der Waals surface area (Å²) in [6.07, 6.45) is 10.4. The Bertz CT molecular complexity index is 494. The number of rotatable bonds is 2. The number of aromatic nitrogens is 2. The van der Waals surface area contributed by atoms with E-state index in [1.54, 1.807) is 10.9 Å². The highest BCUT2D eigenvalue weighted by atomic mass is 79.9. The SMILES string of the molecule is O=c1c(Br)cncn1CC1CCC2(CCCC2)O1. The molecule has 4 nitrogen and oxygen atoms in total. The van der Waals surface area contributed by atoms with Gasteiger partial charge in [0.15, 0.2) is 0 Å². The van der Waals surface area contributed by atoms with Gasteiger partial charge in [-0.15, -0.1) is 0 Å². The summed E-state index contributed by atoms with van der Waals surface area (Å²) in [5.41, 5.74) is 0.106. The van der Waals surface area contributed by atoms with Gasteiger partial charge in [0.05, 0.1) is 24.6 Å². The molecule has 0 radical (unpaired) electrons. The molecule has 1 aliphatic carbocycles. The zero-order valence-electron chi connectivity index (χ0n) is 10.3. The van der Waals surface area contributed by atoms with Crippen molar-refractivity contribution in [1.82, 2.24) is 9.55 Å². The molecule has 1 aromatic heterocycles. The highest BCUT2D eigenvalue weighted by Crippen LogP contribution is 2.43. The first-order valence-corrected chi connectivity index (χ1v) is 7.36. The molecular formula is C13H17BrN2O2. The molecule has 2 heterocycles. The summed E-state index contributed by atoms with van der Waals surface area (Å²) in [6.45, 7) is 0.618. The Morgan fingerprint density at radius 1 is 1.44 bits per heavy atom. The number of halogens is 1. The molecule has 1 saturated heterocycles. The van der Waals surface area contributed by atoms with Gasteiger partial charge in [-0.2, -0.15) is 0 Å². The van der Waals surface area contributed by atoms with Gasteiger partial charge >= 0.3 is 0 Å². The predicted octanol–water partition coefficient (Wildman–Crippen LogP) is 2.50. The van der Waals surface area contributed by atoms with Crippen LogP contribution in [0.3, 0.4) is 0 Å². The molecule has 0 N–H and O–H groups in total. The van der Waals surface area contributed by atoms with Crippen LogP contribution >= 0.6 is 15.9 Å². The van der Waals surface area contributed by atoms with E-state index in [2.05, 4.69) is 20.9 Å². The highest BCUT2D eigenvalue weighted by Gasteiger charge is 2.42. The maximum absolute atomic E-state index is 11.9. The molecule has 1 aliphatic heterocycles. The Hall–Kier alpha value is -0.680. The Kier molecular flexibility index (Phi) is 3.28. The third-order valence-corrected chi connectivity index (χ3v) is 4.66. The second-order valence-corrected chi connectivity index (χ2v) is 6.22. The van der Waals surface area contributed by atoms with Crippen LogP contribution in [-0.2, 0) is 11.3 Å². The summed E-state index contributed by atoms with van der Waals surface area (Å²) >= 11 is 3.22. The van der Waals surface area contributed by atoms with Crippen LogP contribution in [0.2, 0.25) is 0 Å². The molecule has 5 heteroatoms. The summed E-state index contributed by atoms with van der Waals surface area (Å²) < 4.78 is 8.36. The number of ether oxygens (including phenoxy) is 1. The summed E-state index contributed by atoms with van der Waals surface area (Å²) in [5, 5.41) is 0. The molecule has 0 amide bonds. The topological polar surface area (TPSA) is 44.1 Å².